The van der Waals surface area contributed by atoms with Gasteiger partial charge in [-0.25, -0.2) is 0 Å². The summed E-state index contributed by atoms with van der Waals surface area (Å²) >= 11 is 0. The van der Waals surface area contributed by atoms with Crippen molar-refractivity contribution in [2.75, 3.05) is 52.4 Å². The Bertz CT molecular complexity index is 783. The summed E-state index contributed by atoms with van der Waals surface area (Å²) in [6, 6.07) is 1.20. The van der Waals surface area contributed by atoms with Crippen molar-refractivity contribution in [3.63, 3.8) is 0 Å². The number of carbonyl (C=O) groups is 2. The Hall–Kier alpha value is -1.14. The molecule has 8 fully saturated rings. The Balaban J connectivity index is 0.991. The highest BCUT2D eigenvalue weighted by Crippen LogP contribution is 2.67. The lowest BCUT2D eigenvalue weighted by atomic mass is 9.43. The third kappa shape index (κ3) is 4.42. The molecule has 8 aliphatic rings. The van der Waals surface area contributed by atoms with E-state index in [0.29, 0.717) is 23.9 Å². The minimum atomic E-state index is 0.177. The van der Waals surface area contributed by atoms with Gasteiger partial charge in [0.2, 0.25) is 11.8 Å². The number of hydrogen-bond donors (Lipinski definition) is 0. The number of likely N-dealkylation sites (tertiary alicyclic amines) is 4. The molecule has 0 spiro atoms. The van der Waals surface area contributed by atoms with Gasteiger partial charge in [-0.05, 0) is 126 Å². The molecule has 4 aliphatic carbocycles. The van der Waals surface area contributed by atoms with Gasteiger partial charge in [-0.1, -0.05) is 0 Å². The van der Waals surface area contributed by atoms with E-state index in [1.807, 2.05) is 0 Å². The molecule has 0 N–H and O–H groups in total. The molecule has 4 saturated carbocycles. The van der Waals surface area contributed by atoms with Crippen LogP contribution in [0.3, 0.4) is 0 Å². The summed E-state index contributed by atoms with van der Waals surface area (Å²) in [6.45, 7) is 8.74. The summed E-state index contributed by atoms with van der Waals surface area (Å²) in [7, 11) is 0. The number of carbonyl (C=O) groups excluding carboxylic acids is 2. The highest BCUT2D eigenvalue weighted by Gasteiger charge is 2.59. The van der Waals surface area contributed by atoms with E-state index in [1.54, 1.807) is 0 Å². The van der Waals surface area contributed by atoms with Crippen LogP contribution in [0.4, 0.5) is 0 Å². The van der Waals surface area contributed by atoms with Crippen molar-refractivity contribution in [2.45, 2.75) is 102 Å². The van der Waals surface area contributed by atoms with Crippen LogP contribution in [0.1, 0.15) is 89.9 Å². The van der Waals surface area contributed by atoms with Crippen LogP contribution < -0.4 is 0 Å². The molecule has 200 valence electrons. The van der Waals surface area contributed by atoms with E-state index in [4.69, 9.17) is 0 Å². The number of nitrogens with zero attached hydrogens (tertiary/aromatic N) is 4. The van der Waals surface area contributed by atoms with Gasteiger partial charge in [-0.15, -0.1) is 0 Å². The van der Waals surface area contributed by atoms with Gasteiger partial charge in [0.15, 0.2) is 0 Å². The monoisotopic (exact) mass is 496 g/mol. The molecule has 8 rings (SSSR count). The quantitative estimate of drug-likeness (QED) is 0.562. The second-order valence-corrected chi connectivity index (χ2v) is 14.4. The summed E-state index contributed by atoms with van der Waals surface area (Å²) in [4.78, 5) is 36.9. The van der Waals surface area contributed by atoms with Gasteiger partial charge < -0.3 is 9.80 Å². The second-order valence-electron chi connectivity index (χ2n) is 14.4. The summed E-state index contributed by atoms with van der Waals surface area (Å²) < 4.78 is 0. The predicted molar refractivity (Wildman–Crippen MR) is 140 cm³/mol. The van der Waals surface area contributed by atoms with Crippen LogP contribution in [0.25, 0.3) is 0 Å². The van der Waals surface area contributed by atoms with Crippen LogP contribution in [-0.4, -0.2) is 95.9 Å². The zero-order chi connectivity index (χ0) is 24.3. The topological polar surface area (TPSA) is 47.1 Å². The summed E-state index contributed by atoms with van der Waals surface area (Å²) in [5, 5.41) is 0. The molecule has 4 saturated heterocycles. The van der Waals surface area contributed by atoms with Gasteiger partial charge in [0.25, 0.3) is 0 Å². The maximum atomic E-state index is 13.6. The first-order valence-corrected chi connectivity index (χ1v) is 15.5. The Labute approximate surface area is 218 Å². The highest BCUT2D eigenvalue weighted by atomic mass is 16.2. The van der Waals surface area contributed by atoms with Crippen LogP contribution >= 0.6 is 0 Å². The first-order valence-electron chi connectivity index (χ1n) is 15.5. The second kappa shape index (κ2) is 9.25. The van der Waals surface area contributed by atoms with Crippen molar-refractivity contribution >= 4 is 11.8 Å². The fourth-order valence-corrected chi connectivity index (χ4v) is 10.7. The van der Waals surface area contributed by atoms with Crippen LogP contribution in [0, 0.1) is 22.7 Å². The van der Waals surface area contributed by atoms with Crippen molar-refractivity contribution in [3.8, 4) is 0 Å². The minimum absolute atomic E-state index is 0.177. The van der Waals surface area contributed by atoms with Gasteiger partial charge in [-0.3, -0.25) is 19.4 Å². The van der Waals surface area contributed by atoms with Crippen LogP contribution in [0.5, 0.6) is 0 Å². The van der Waals surface area contributed by atoms with Gasteiger partial charge in [0.1, 0.15) is 0 Å². The standard InChI is InChI=1S/C30H48N4O2/c35-27(33-11-5-25(20-33)31-7-1-2-8-31)18-29-14-23-13-24(15-29)17-30(16-23,22-29)19-28(36)34-12-6-26(21-34)32-9-3-4-10-32/h23-26H,1-22H2. The maximum Gasteiger partial charge on any atom is 0.223 e. The summed E-state index contributed by atoms with van der Waals surface area (Å²) in [5.41, 5.74) is 0.354. The van der Waals surface area contributed by atoms with E-state index >= 15 is 0 Å². The van der Waals surface area contributed by atoms with Crippen molar-refractivity contribution in [1.82, 2.24) is 19.6 Å². The Morgan fingerprint density at radius 3 is 1.44 bits per heavy atom. The van der Waals surface area contributed by atoms with Crippen molar-refractivity contribution in [3.05, 3.63) is 0 Å². The minimum Gasteiger partial charge on any atom is -0.341 e. The molecule has 0 radical (unpaired) electrons. The molecule has 36 heavy (non-hydrogen) atoms. The van der Waals surface area contributed by atoms with Gasteiger partial charge in [0, 0.05) is 51.1 Å². The van der Waals surface area contributed by atoms with Crippen molar-refractivity contribution < 1.29 is 9.59 Å². The first kappa shape index (κ1) is 23.9. The van der Waals surface area contributed by atoms with Crippen molar-refractivity contribution in [2.24, 2.45) is 22.7 Å². The SMILES string of the molecule is O=C(CC12CC3CC(C1)CC(CC(=O)N1CCC(N4CCCC4)C1)(C3)C2)N1CCC(N2CCCC2)C1. The first-order chi connectivity index (χ1) is 17.5. The molecule has 6 nitrogen and oxygen atoms in total. The zero-order valence-electron chi connectivity index (χ0n) is 22.5. The van der Waals surface area contributed by atoms with Gasteiger partial charge in [0.05, 0.1) is 0 Å². The highest BCUT2D eigenvalue weighted by molar-refractivity contribution is 5.78. The molecule has 2 atom stereocenters. The lowest BCUT2D eigenvalue weighted by Gasteiger charge is -2.62. The lowest BCUT2D eigenvalue weighted by Crippen LogP contribution is -2.54. The fraction of sp³-hybridized carbons (Fsp3) is 0.933. The zero-order valence-corrected chi connectivity index (χ0v) is 22.5. The molecule has 4 bridgehead atoms. The van der Waals surface area contributed by atoms with E-state index in [-0.39, 0.29) is 10.8 Å². The largest absolute Gasteiger partial charge is 0.341 e. The average molecular weight is 497 g/mol. The molecular formula is C30H48N4O2. The average Bonchev–Trinajstić information content (AvgIpc) is 3.64. The Morgan fingerprint density at radius 1 is 0.611 bits per heavy atom. The predicted octanol–water partition coefficient (Wildman–Crippen LogP) is 3.75. The Morgan fingerprint density at radius 2 is 1.03 bits per heavy atom. The van der Waals surface area contributed by atoms with E-state index in [0.717, 1.165) is 70.1 Å². The molecule has 2 unspecified atom stereocenters. The summed E-state index contributed by atoms with van der Waals surface area (Å²) in [6.07, 6.45) is 16.6. The third-order valence-electron chi connectivity index (χ3n) is 11.7. The third-order valence-corrected chi connectivity index (χ3v) is 11.7. The normalized spacial score (nSPS) is 42.8. The molecule has 0 aromatic rings. The van der Waals surface area contributed by atoms with Gasteiger partial charge in [-0.2, -0.15) is 0 Å². The molecular weight excluding hydrogens is 448 g/mol. The van der Waals surface area contributed by atoms with Crippen LogP contribution in [-0.2, 0) is 9.59 Å². The van der Waals surface area contributed by atoms with E-state index in [1.165, 1.54) is 84.0 Å². The van der Waals surface area contributed by atoms with Crippen LogP contribution in [0.15, 0.2) is 0 Å². The number of rotatable bonds is 6. The maximum absolute atomic E-state index is 13.6. The van der Waals surface area contributed by atoms with E-state index < -0.39 is 0 Å². The van der Waals surface area contributed by atoms with Crippen molar-refractivity contribution in [1.29, 1.82) is 0 Å². The Kier molecular flexibility index (Phi) is 6.15. The number of amides is 2. The summed E-state index contributed by atoms with van der Waals surface area (Å²) in [5.74, 6) is 2.35. The molecule has 2 amide bonds. The number of hydrogen-bond acceptors (Lipinski definition) is 4. The molecule has 0 aromatic heterocycles. The van der Waals surface area contributed by atoms with E-state index in [2.05, 4.69) is 19.6 Å². The lowest BCUT2D eigenvalue weighted by molar-refractivity contribution is -0.154. The van der Waals surface area contributed by atoms with E-state index in [9.17, 15) is 9.59 Å². The molecule has 6 heteroatoms. The molecule has 0 aromatic carbocycles. The van der Waals surface area contributed by atoms with Crippen LogP contribution in [0.2, 0.25) is 0 Å². The fourth-order valence-electron chi connectivity index (χ4n) is 10.7. The molecule has 4 aliphatic heterocycles. The smallest absolute Gasteiger partial charge is 0.223 e. The molecule has 4 heterocycles. The van der Waals surface area contributed by atoms with Gasteiger partial charge >= 0.3 is 0 Å².